The molecular weight excluding hydrogens is 304 g/mol. The monoisotopic (exact) mass is 328 g/mol. The van der Waals surface area contributed by atoms with Crippen molar-refractivity contribution in [2.45, 2.75) is 19.5 Å². The third-order valence-electron chi connectivity index (χ3n) is 4.67. The molecule has 2 heterocycles. The largest absolute Gasteiger partial charge is 0.361 e. The average molecular weight is 328 g/mol. The van der Waals surface area contributed by atoms with Crippen molar-refractivity contribution in [1.82, 2.24) is 19.7 Å². The quantitative estimate of drug-likeness (QED) is 0.924. The summed E-state index contributed by atoms with van der Waals surface area (Å²) in [4.78, 5) is 33.0. The number of H-pyrrole nitrogens is 1. The van der Waals surface area contributed by atoms with E-state index in [1.165, 1.54) is 10.9 Å². The molecule has 6 heteroatoms. The Labute approximate surface area is 142 Å². The van der Waals surface area contributed by atoms with Crippen molar-refractivity contribution in [3.05, 3.63) is 36.0 Å². The van der Waals surface area contributed by atoms with Crippen molar-refractivity contribution in [1.29, 1.82) is 0 Å². The highest BCUT2D eigenvalue weighted by Crippen LogP contribution is 2.19. The molecule has 1 aromatic heterocycles. The number of amides is 2. The maximum Gasteiger partial charge on any atom is 0.241 e. The molecule has 6 nitrogen and oxygen atoms in total. The van der Waals surface area contributed by atoms with E-state index >= 15 is 0 Å². The topological polar surface area (TPSA) is 59.7 Å². The maximum atomic E-state index is 12.6. The Bertz CT molecular complexity index is 752. The van der Waals surface area contributed by atoms with Gasteiger partial charge in [0.25, 0.3) is 0 Å². The molecule has 1 aromatic carbocycles. The zero-order valence-electron chi connectivity index (χ0n) is 14.5. The summed E-state index contributed by atoms with van der Waals surface area (Å²) in [5.41, 5.74) is 2.29. The van der Waals surface area contributed by atoms with Crippen LogP contribution in [0.5, 0.6) is 0 Å². The Morgan fingerprint density at radius 2 is 2.04 bits per heavy atom. The summed E-state index contributed by atoms with van der Waals surface area (Å²) in [6.45, 7) is 4.09. The number of fused-ring (bicyclic) bond motifs is 1. The second-order valence-electron chi connectivity index (χ2n) is 6.58. The number of carbonyl (C=O) groups excluding carboxylic acids is 2. The summed E-state index contributed by atoms with van der Waals surface area (Å²) >= 11 is 0. The number of aromatic amines is 1. The maximum absolute atomic E-state index is 12.6. The minimum absolute atomic E-state index is 0.0277. The van der Waals surface area contributed by atoms with Gasteiger partial charge in [-0.3, -0.25) is 14.5 Å². The van der Waals surface area contributed by atoms with E-state index in [1.54, 1.807) is 30.8 Å². The van der Waals surface area contributed by atoms with Crippen LogP contribution in [0.2, 0.25) is 0 Å². The van der Waals surface area contributed by atoms with Crippen LogP contribution in [0, 0.1) is 0 Å². The number of hydrogen-bond acceptors (Lipinski definition) is 3. The Morgan fingerprint density at radius 1 is 1.25 bits per heavy atom. The van der Waals surface area contributed by atoms with Crippen LogP contribution in [0.1, 0.15) is 12.5 Å². The SMILES string of the molecule is CC(=O)N1CCN(Cc2ccc3[nH]ccc3c2)[C@@H](C(=O)N(C)C)C1. The molecule has 24 heavy (non-hydrogen) atoms. The molecule has 128 valence electrons. The van der Waals surface area contributed by atoms with Crippen LogP contribution in [-0.4, -0.2) is 71.3 Å². The Kier molecular flexibility index (Phi) is 4.57. The molecule has 2 aromatic rings. The second-order valence-corrected chi connectivity index (χ2v) is 6.58. The zero-order valence-corrected chi connectivity index (χ0v) is 14.5. The summed E-state index contributed by atoms with van der Waals surface area (Å²) < 4.78 is 0. The molecule has 1 fully saturated rings. The van der Waals surface area contributed by atoms with Crippen LogP contribution >= 0.6 is 0 Å². The zero-order chi connectivity index (χ0) is 17.3. The molecule has 0 spiro atoms. The summed E-state index contributed by atoms with van der Waals surface area (Å²) in [6.07, 6.45) is 1.93. The summed E-state index contributed by atoms with van der Waals surface area (Å²) in [7, 11) is 3.53. The average Bonchev–Trinajstić information content (AvgIpc) is 3.02. The van der Waals surface area contributed by atoms with E-state index in [0.29, 0.717) is 26.2 Å². The lowest BCUT2D eigenvalue weighted by atomic mass is 10.1. The number of piperazine rings is 1. The van der Waals surface area contributed by atoms with Gasteiger partial charge in [0.2, 0.25) is 11.8 Å². The first-order chi connectivity index (χ1) is 11.5. The van der Waals surface area contributed by atoms with Crippen molar-refractivity contribution in [3.8, 4) is 0 Å². The number of nitrogens with one attached hydrogen (secondary N) is 1. The molecular formula is C18H24N4O2. The number of nitrogens with zero attached hydrogens (tertiary/aromatic N) is 3. The molecule has 1 aliphatic rings. The highest BCUT2D eigenvalue weighted by Gasteiger charge is 2.34. The minimum atomic E-state index is -0.292. The van der Waals surface area contributed by atoms with E-state index in [9.17, 15) is 9.59 Å². The van der Waals surface area contributed by atoms with Crippen LogP contribution in [-0.2, 0) is 16.1 Å². The Hall–Kier alpha value is -2.34. The van der Waals surface area contributed by atoms with Gasteiger partial charge in [-0.2, -0.15) is 0 Å². The normalized spacial score (nSPS) is 18.8. The number of aromatic nitrogens is 1. The van der Waals surface area contributed by atoms with E-state index in [-0.39, 0.29) is 17.9 Å². The number of benzene rings is 1. The van der Waals surface area contributed by atoms with Gasteiger partial charge in [0.1, 0.15) is 6.04 Å². The van der Waals surface area contributed by atoms with Crippen LogP contribution in [0.4, 0.5) is 0 Å². The van der Waals surface area contributed by atoms with Gasteiger partial charge in [0.15, 0.2) is 0 Å². The van der Waals surface area contributed by atoms with Gasteiger partial charge < -0.3 is 14.8 Å². The van der Waals surface area contributed by atoms with Crippen molar-refractivity contribution in [3.63, 3.8) is 0 Å². The number of likely N-dealkylation sites (N-methyl/N-ethyl adjacent to an activating group) is 1. The van der Waals surface area contributed by atoms with E-state index in [4.69, 9.17) is 0 Å². The summed E-state index contributed by atoms with van der Waals surface area (Å²) in [5.74, 6) is 0.0728. The second kappa shape index (κ2) is 6.65. The first-order valence-corrected chi connectivity index (χ1v) is 8.22. The van der Waals surface area contributed by atoms with Gasteiger partial charge in [-0.25, -0.2) is 0 Å². The first kappa shape index (κ1) is 16.5. The van der Waals surface area contributed by atoms with Crippen molar-refractivity contribution in [2.24, 2.45) is 0 Å². The van der Waals surface area contributed by atoms with Gasteiger partial charge in [-0.15, -0.1) is 0 Å². The van der Waals surface area contributed by atoms with Gasteiger partial charge in [-0.05, 0) is 29.1 Å². The molecule has 0 radical (unpaired) electrons. The summed E-state index contributed by atoms with van der Waals surface area (Å²) in [5, 5.41) is 1.17. The van der Waals surface area contributed by atoms with E-state index in [0.717, 1.165) is 5.52 Å². The molecule has 1 N–H and O–H groups in total. The summed E-state index contributed by atoms with van der Waals surface area (Å²) in [6, 6.07) is 8.07. The lowest BCUT2D eigenvalue weighted by molar-refractivity contribution is -0.141. The third-order valence-corrected chi connectivity index (χ3v) is 4.67. The van der Waals surface area contributed by atoms with Gasteiger partial charge in [0.05, 0.1) is 0 Å². The van der Waals surface area contributed by atoms with Gasteiger partial charge in [0, 0.05) is 58.9 Å². The lowest BCUT2D eigenvalue weighted by Gasteiger charge is -2.41. The Balaban J connectivity index is 1.80. The molecule has 1 aliphatic heterocycles. The van der Waals surface area contributed by atoms with Crippen molar-refractivity contribution in [2.75, 3.05) is 33.7 Å². The number of hydrogen-bond donors (Lipinski definition) is 1. The van der Waals surface area contributed by atoms with Crippen LogP contribution in [0.15, 0.2) is 30.5 Å². The standard InChI is InChI=1S/C18H24N4O2/c1-13(23)21-8-9-22(17(12-21)18(24)20(2)3)11-14-4-5-16-15(10-14)6-7-19-16/h4-7,10,17,19H,8-9,11-12H2,1-3H3/t17-/m1/s1. The first-order valence-electron chi connectivity index (χ1n) is 8.22. The molecule has 0 unspecified atom stereocenters. The number of carbonyl (C=O) groups is 2. The molecule has 0 aliphatic carbocycles. The van der Waals surface area contributed by atoms with E-state index in [2.05, 4.69) is 34.1 Å². The van der Waals surface area contributed by atoms with E-state index < -0.39 is 0 Å². The highest BCUT2D eigenvalue weighted by molar-refractivity contribution is 5.83. The minimum Gasteiger partial charge on any atom is -0.361 e. The molecule has 2 amide bonds. The predicted octanol–water partition coefficient (Wildman–Crippen LogP) is 1.29. The molecule has 0 bridgehead atoms. The van der Waals surface area contributed by atoms with Gasteiger partial charge >= 0.3 is 0 Å². The predicted molar refractivity (Wildman–Crippen MR) is 93.4 cm³/mol. The van der Waals surface area contributed by atoms with Crippen molar-refractivity contribution >= 4 is 22.7 Å². The van der Waals surface area contributed by atoms with Crippen LogP contribution in [0.3, 0.4) is 0 Å². The molecule has 1 atom stereocenters. The third kappa shape index (κ3) is 3.28. The van der Waals surface area contributed by atoms with Gasteiger partial charge in [-0.1, -0.05) is 6.07 Å². The Morgan fingerprint density at radius 3 is 2.75 bits per heavy atom. The number of rotatable bonds is 3. The highest BCUT2D eigenvalue weighted by atomic mass is 16.2. The van der Waals surface area contributed by atoms with Crippen molar-refractivity contribution < 1.29 is 9.59 Å². The molecule has 3 rings (SSSR count). The van der Waals surface area contributed by atoms with Crippen LogP contribution < -0.4 is 0 Å². The fraction of sp³-hybridized carbons (Fsp3) is 0.444. The molecule has 0 saturated carbocycles. The lowest BCUT2D eigenvalue weighted by Crippen LogP contribution is -2.59. The van der Waals surface area contributed by atoms with E-state index in [1.807, 2.05) is 6.20 Å². The van der Waals surface area contributed by atoms with Crippen LogP contribution in [0.25, 0.3) is 10.9 Å². The smallest absolute Gasteiger partial charge is 0.241 e. The molecule has 1 saturated heterocycles. The fourth-order valence-electron chi connectivity index (χ4n) is 3.26. The fourth-order valence-corrected chi connectivity index (χ4v) is 3.26.